The van der Waals surface area contributed by atoms with Gasteiger partial charge in [-0.15, -0.1) is 0 Å². The van der Waals surface area contributed by atoms with Gasteiger partial charge in [-0.2, -0.15) is 4.31 Å². The molecule has 0 saturated carbocycles. The summed E-state index contributed by atoms with van der Waals surface area (Å²) in [6, 6.07) is 4.06. The van der Waals surface area contributed by atoms with Crippen LogP contribution in [0.2, 0.25) is 0 Å². The minimum Gasteiger partial charge on any atom is -0.486 e. The largest absolute Gasteiger partial charge is 0.486 e. The van der Waals surface area contributed by atoms with Crippen molar-refractivity contribution < 1.29 is 27.4 Å². The summed E-state index contributed by atoms with van der Waals surface area (Å²) in [7, 11) is -3.77. The van der Waals surface area contributed by atoms with Crippen LogP contribution < -0.4 is 14.8 Å². The summed E-state index contributed by atoms with van der Waals surface area (Å²) in [5, 5.41) is 2.78. The van der Waals surface area contributed by atoms with E-state index in [9.17, 15) is 13.2 Å². The van der Waals surface area contributed by atoms with Gasteiger partial charge in [-0.1, -0.05) is 6.92 Å². The molecule has 26 heavy (non-hydrogen) atoms. The van der Waals surface area contributed by atoms with Crippen LogP contribution in [0.3, 0.4) is 0 Å². The fourth-order valence-corrected chi connectivity index (χ4v) is 4.60. The number of nitrogens with zero attached hydrogens (tertiary/aromatic N) is 1. The summed E-state index contributed by atoms with van der Waals surface area (Å²) in [5.41, 5.74) is 0. The highest BCUT2D eigenvalue weighted by molar-refractivity contribution is 7.89. The lowest BCUT2D eigenvalue weighted by atomic mass is 10.2. The summed E-state index contributed by atoms with van der Waals surface area (Å²) < 4.78 is 43.9. The van der Waals surface area contributed by atoms with Crippen molar-refractivity contribution >= 4 is 15.9 Å². The third-order valence-electron chi connectivity index (χ3n) is 4.29. The number of fused-ring (bicyclic) bond motifs is 1. The standard InChI is InChI=1S/C17H24N2O6S/c1-2-5-18-17(20)10-13-12-23-7-6-19(13)26(21,22)14-3-4-15-16(11-14)25-9-8-24-15/h3-4,11,13H,2,5-10,12H2,1H3,(H,18,20)/t13-/m1/s1. The Balaban J connectivity index is 1.80. The third-order valence-corrected chi connectivity index (χ3v) is 6.23. The molecule has 0 unspecified atom stereocenters. The zero-order chi connectivity index (χ0) is 18.6. The van der Waals surface area contributed by atoms with Crippen LogP contribution in [-0.2, 0) is 19.6 Å². The van der Waals surface area contributed by atoms with Crippen LogP contribution in [0.15, 0.2) is 23.1 Å². The lowest BCUT2D eigenvalue weighted by Gasteiger charge is -2.34. The molecule has 2 aliphatic heterocycles. The molecular weight excluding hydrogens is 360 g/mol. The Morgan fingerprint density at radius 3 is 2.77 bits per heavy atom. The van der Waals surface area contributed by atoms with Crippen LogP contribution in [0.5, 0.6) is 11.5 Å². The molecule has 0 bridgehead atoms. The average molecular weight is 384 g/mol. The zero-order valence-corrected chi connectivity index (χ0v) is 15.6. The summed E-state index contributed by atoms with van der Waals surface area (Å²) in [6.45, 7) is 4.07. The Kier molecular flexibility index (Phi) is 6.00. The predicted octanol–water partition coefficient (Wildman–Crippen LogP) is 0.764. The lowest BCUT2D eigenvalue weighted by Crippen LogP contribution is -2.50. The quantitative estimate of drug-likeness (QED) is 0.778. The summed E-state index contributed by atoms with van der Waals surface area (Å²) >= 11 is 0. The Bertz CT molecular complexity index is 752. The van der Waals surface area contributed by atoms with Gasteiger partial charge in [0.15, 0.2) is 11.5 Å². The fraction of sp³-hybridized carbons (Fsp3) is 0.588. The summed E-state index contributed by atoms with van der Waals surface area (Å²) in [4.78, 5) is 12.2. The Morgan fingerprint density at radius 2 is 2.00 bits per heavy atom. The number of nitrogens with one attached hydrogen (secondary N) is 1. The van der Waals surface area contributed by atoms with Gasteiger partial charge in [-0.25, -0.2) is 8.42 Å². The van der Waals surface area contributed by atoms with E-state index in [4.69, 9.17) is 14.2 Å². The highest BCUT2D eigenvalue weighted by Gasteiger charge is 2.35. The molecule has 2 heterocycles. The molecule has 1 atom stereocenters. The van der Waals surface area contributed by atoms with Gasteiger partial charge in [0.1, 0.15) is 13.2 Å². The molecule has 9 heteroatoms. The van der Waals surface area contributed by atoms with E-state index in [1.54, 1.807) is 6.07 Å². The number of morpholine rings is 1. The second kappa shape index (κ2) is 8.24. The first-order valence-electron chi connectivity index (χ1n) is 8.78. The molecular formula is C17H24N2O6S. The number of amides is 1. The van der Waals surface area contributed by atoms with Gasteiger partial charge in [0.05, 0.1) is 24.2 Å². The van der Waals surface area contributed by atoms with Crippen molar-refractivity contribution in [3.63, 3.8) is 0 Å². The topological polar surface area (TPSA) is 94.2 Å². The number of sulfonamides is 1. The number of benzene rings is 1. The van der Waals surface area contributed by atoms with Gasteiger partial charge in [-0.05, 0) is 18.6 Å². The Morgan fingerprint density at radius 1 is 1.23 bits per heavy atom. The van der Waals surface area contributed by atoms with Gasteiger partial charge in [0, 0.05) is 25.6 Å². The van der Waals surface area contributed by atoms with Gasteiger partial charge >= 0.3 is 0 Å². The monoisotopic (exact) mass is 384 g/mol. The van der Waals surface area contributed by atoms with Gasteiger partial charge in [0.2, 0.25) is 15.9 Å². The van der Waals surface area contributed by atoms with Gasteiger partial charge in [0.25, 0.3) is 0 Å². The average Bonchev–Trinajstić information content (AvgIpc) is 2.66. The number of ether oxygens (including phenoxy) is 3. The summed E-state index contributed by atoms with van der Waals surface area (Å²) in [5.74, 6) is 0.778. The number of hydrogen-bond donors (Lipinski definition) is 1. The second-order valence-corrected chi connectivity index (χ2v) is 8.09. The van der Waals surface area contributed by atoms with E-state index in [0.717, 1.165) is 6.42 Å². The van der Waals surface area contributed by atoms with Gasteiger partial charge in [-0.3, -0.25) is 4.79 Å². The predicted molar refractivity (Wildman–Crippen MR) is 93.8 cm³/mol. The van der Waals surface area contributed by atoms with Gasteiger partial charge < -0.3 is 19.5 Å². The number of rotatable bonds is 6. The van der Waals surface area contributed by atoms with Crippen molar-refractivity contribution in [3.8, 4) is 11.5 Å². The first-order valence-corrected chi connectivity index (χ1v) is 10.2. The molecule has 1 aromatic carbocycles. The highest BCUT2D eigenvalue weighted by Crippen LogP contribution is 2.34. The smallest absolute Gasteiger partial charge is 0.243 e. The molecule has 144 valence electrons. The molecule has 0 spiro atoms. The molecule has 0 aromatic heterocycles. The third kappa shape index (κ3) is 4.11. The fourth-order valence-electron chi connectivity index (χ4n) is 2.99. The van der Waals surface area contributed by atoms with E-state index in [-0.39, 0.29) is 30.4 Å². The van der Waals surface area contributed by atoms with E-state index in [1.165, 1.54) is 16.4 Å². The number of carbonyl (C=O) groups excluding carboxylic acids is 1. The van der Waals surface area contributed by atoms with Crippen LogP contribution in [0, 0.1) is 0 Å². The maximum absolute atomic E-state index is 13.1. The van der Waals surface area contributed by atoms with Crippen molar-refractivity contribution in [3.05, 3.63) is 18.2 Å². The number of hydrogen-bond acceptors (Lipinski definition) is 6. The Hall–Kier alpha value is -1.84. The SMILES string of the molecule is CCCNC(=O)C[C@@H]1COCCN1S(=O)(=O)c1ccc2c(c1)OCCO2. The minimum atomic E-state index is -3.77. The van der Waals surface area contributed by atoms with Crippen LogP contribution in [0.25, 0.3) is 0 Å². The van der Waals surface area contributed by atoms with Crippen molar-refractivity contribution in [1.82, 2.24) is 9.62 Å². The van der Waals surface area contributed by atoms with E-state index in [0.29, 0.717) is 37.9 Å². The van der Waals surface area contributed by atoms with Crippen molar-refractivity contribution in [2.45, 2.75) is 30.7 Å². The van der Waals surface area contributed by atoms with E-state index < -0.39 is 16.1 Å². The normalized spacial score (nSPS) is 20.6. The molecule has 1 saturated heterocycles. The van der Waals surface area contributed by atoms with Crippen molar-refractivity contribution in [1.29, 1.82) is 0 Å². The van der Waals surface area contributed by atoms with E-state index >= 15 is 0 Å². The summed E-state index contributed by atoms with van der Waals surface area (Å²) in [6.07, 6.45) is 0.899. The molecule has 1 N–H and O–H groups in total. The first-order chi connectivity index (χ1) is 12.5. The molecule has 8 nitrogen and oxygen atoms in total. The first kappa shape index (κ1) is 18.9. The maximum Gasteiger partial charge on any atom is 0.243 e. The minimum absolute atomic E-state index is 0.0732. The molecule has 1 fully saturated rings. The molecule has 1 aromatic rings. The maximum atomic E-state index is 13.1. The molecule has 1 amide bonds. The molecule has 3 rings (SSSR count). The van der Waals surface area contributed by atoms with E-state index in [2.05, 4.69) is 5.32 Å². The highest BCUT2D eigenvalue weighted by atomic mass is 32.2. The van der Waals surface area contributed by atoms with Crippen LogP contribution in [-0.4, -0.2) is 64.2 Å². The van der Waals surface area contributed by atoms with Crippen molar-refractivity contribution in [2.24, 2.45) is 0 Å². The lowest BCUT2D eigenvalue weighted by molar-refractivity contribution is -0.123. The van der Waals surface area contributed by atoms with Crippen LogP contribution in [0.4, 0.5) is 0 Å². The molecule has 0 aliphatic carbocycles. The van der Waals surface area contributed by atoms with Crippen LogP contribution >= 0.6 is 0 Å². The van der Waals surface area contributed by atoms with Crippen LogP contribution in [0.1, 0.15) is 19.8 Å². The second-order valence-electron chi connectivity index (χ2n) is 6.20. The molecule has 2 aliphatic rings. The van der Waals surface area contributed by atoms with E-state index in [1.807, 2.05) is 6.92 Å². The molecule has 0 radical (unpaired) electrons. The van der Waals surface area contributed by atoms with Crippen molar-refractivity contribution in [2.75, 3.05) is 39.5 Å². The number of carbonyl (C=O) groups is 1. The Labute approximate surface area is 153 Å². The zero-order valence-electron chi connectivity index (χ0n) is 14.8.